The second-order valence-electron chi connectivity index (χ2n) is 9.28. The largest absolute Gasteiger partial charge is 0.413 e. The van der Waals surface area contributed by atoms with Crippen LogP contribution in [0.1, 0.15) is 61.3 Å². The Kier molecular flexibility index (Phi) is 6.99. The summed E-state index contributed by atoms with van der Waals surface area (Å²) in [5, 5.41) is 3.53. The number of carbonyl (C=O) groups excluding carboxylic acids is 1. The summed E-state index contributed by atoms with van der Waals surface area (Å²) >= 11 is 1.75. The van der Waals surface area contributed by atoms with E-state index < -0.39 is 18.1 Å². The molecule has 3 atom stereocenters. The molecule has 2 aliphatic rings. The molecule has 178 valence electrons. The van der Waals surface area contributed by atoms with Crippen molar-refractivity contribution in [2.24, 2.45) is 5.92 Å². The Bertz CT molecular complexity index is 943. The molecule has 1 fully saturated rings. The Hall–Kier alpha value is -2.15. The Morgan fingerprint density at radius 2 is 1.55 bits per heavy atom. The van der Waals surface area contributed by atoms with Crippen LogP contribution in [0, 0.1) is 5.92 Å². The molecule has 0 spiro atoms. The molecular weight excluding hydrogens is 445 g/mol. The predicted octanol–water partition coefficient (Wildman–Crippen LogP) is 6.59. The maximum atomic E-state index is 14.1. The molecular formula is C26H31F3N2OS. The fourth-order valence-electron chi connectivity index (χ4n) is 5.36. The molecule has 1 heterocycles. The lowest BCUT2D eigenvalue weighted by Gasteiger charge is -2.34. The van der Waals surface area contributed by atoms with Gasteiger partial charge in [0.15, 0.2) is 6.04 Å². The summed E-state index contributed by atoms with van der Waals surface area (Å²) in [6.45, 7) is 4.36. The zero-order chi connectivity index (χ0) is 23.8. The van der Waals surface area contributed by atoms with Gasteiger partial charge in [0, 0.05) is 36.5 Å². The predicted molar refractivity (Wildman–Crippen MR) is 129 cm³/mol. The van der Waals surface area contributed by atoms with Crippen LogP contribution in [0.25, 0.3) is 0 Å². The van der Waals surface area contributed by atoms with Crippen molar-refractivity contribution in [3.63, 3.8) is 0 Å². The smallest absolute Gasteiger partial charge is 0.381 e. The first-order chi connectivity index (χ1) is 15.7. The van der Waals surface area contributed by atoms with Gasteiger partial charge in [0.05, 0.1) is 0 Å². The quantitative estimate of drug-likeness (QED) is 0.528. The van der Waals surface area contributed by atoms with Gasteiger partial charge in [-0.25, -0.2) is 0 Å². The van der Waals surface area contributed by atoms with E-state index in [4.69, 9.17) is 0 Å². The first-order valence-corrected chi connectivity index (χ1v) is 12.7. The van der Waals surface area contributed by atoms with E-state index >= 15 is 0 Å². The average Bonchev–Trinajstić information content (AvgIpc) is 3.04. The standard InChI is InChI=1S/C26H31F3N2OS/c1-16-21-6-4-5-7-22(21)17(2)23(16)30-20-10-8-18(9-11-20)24(26(27,28)29)31(3)25(32)19-12-14-33-15-13-19/h4-11,16-17,19,23-24,30H,12-15H2,1-3H3. The van der Waals surface area contributed by atoms with Crippen molar-refractivity contribution in [1.82, 2.24) is 4.90 Å². The van der Waals surface area contributed by atoms with E-state index in [1.54, 1.807) is 23.9 Å². The fraction of sp³-hybridized carbons (Fsp3) is 0.500. The lowest BCUT2D eigenvalue weighted by molar-refractivity contribution is -0.190. The van der Waals surface area contributed by atoms with Gasteiger partial charge in [0.2, 0.25) is 5.91 Å². The molecule has 1 saturated heterocycles. The third kappa shape index (κ3) is 4.88. The second kappa shape index (κ2) is 9.61. The van der Waals surface area contributed by atoms with Gasteiger partial charge >= 0.3 is 6.18 Å². The Morgan fingerprint density at radius 3 is 2.06 bits per heavy atom. The monoisotopic (exact) mass is 476 g/mol. The van der Waals surface area contributed by atoms with Gasteiger partial charge in [0.25, 0.3) is 0 Å². The lowest BCUT2D eigenvalue weighted by Crippen LogP contribution is -2.43. The van der Waals surface area contributed by atoms with Crippen molar-refractivity contribution in [3.8, 4) is 0 Å². The topological polar surface area (TPSA) is 32.3 Å². The summed E-state index contributed by atoms with van der Waals surface area (Å²) < 4.78 is 42.2. The van der Waals surface area contributed by atoms with E-state index in [0.29, 0.717) is 24.7 Å². The number of hydrogen-bond donors (Lipinski definition) is 1. The molecule has 3 unspecified atom stereocenters. The zero-order valence-electron chi connectivity index (χ0n) is 19.2. The number of nitrogens with one attached hydrogen (secondary N) is 1. The van der Waals surface area contributed by atoms with Crippen molar-refractivity contribution in [1.29, 1.82) is 0 Å². The average molecular weight is 477 g/mol. The molecule has 0 radical (unpaired) electrons. The summed E-state index contributed by atoms with van der Waals surface area (Å²) in [5.41, 5.74) is 3.51. The van der Waals surface area contributed by atoms with E-state index in [1.165, 1.54) is 30.3 Å². The van der Waals surface area contributed by atoms with Gasteiger partial charge in [-0.1, -0.05) is 50.2 Å². The number of anilines is 1. The molecule has 1 amide bonds. The molecule has 1 aliphatic carbocycles. The van der Waals surface area contributed by atoms with Gasteiger partial charge in [-0.3, -0.25) is 4.79 Å². The summed E-state index contributed by atoms with van der Waals surface area (Å²) in [7, 11) is 1.29. The van der Waals surface area contributed by atoms with E-state index in [0.717, 1.165) is 22.1 Å². The molecule has 33 heavy (non-hydrogen) atoms. The maximum absolute atomic E-state index is 14.1. The van der Waals surface area contributed by atoms with E-state index in [2.05, 4.69) is 31.3 Å². The third-order valence-electron chi connectivity index (χ3n) is 7.23. The van der Waals surface area contributed by atoms with E-state index in [9.17, 15) is 18.0 Å². The second-order valence-corrected chi connectivity index (χ2v) is 10.5. The van der Waals surface area contributed by atoms with Crippen LogP contribution in [0.3, 0.4) is 0 Å². The fourth-order valence-corrected chi connectivity index (χ4v) is 6.46. The molecule has 0 aromatic heterocycles. The van der Waals surface area contributed by atoms with Crippen LogP contribution in [0.15, 0.2) is 48.5 Å². The highest BCUT2D eigenvalue weighted by Crippen LogP contribution is 2.43. The van der Waals surface area contributed by atoms with Gasteiger partial charge in [-0.05, 0) is 53.2 Å². The number of fused-ring (bicyclic) bond motifs is 1. The van der Waals surface area contributed by atoms with Crippen LogP contribution in [0.4, 0.5) is 18.9 Å². The highest BCUT2D eigenvalue weighted by atomic mass is 32.2. The number of alkyl halides is 3. The number of benzene rings is 2. The van der Waals surface area contributed by atoms with Gasteiger partial charge < -0.3 is 10.2 Å². The molecule has 7 heteroatoms. The summed E-state index contributed by atoms with van der Waals surface area (Å²) in [6, 6.07) is 13.0. The Morgan fingerprint density at radius 1 is 1.00 bits per heavy atom. The van der Waals surface area contributed by atoms with Crippen molar-refractivity contribution >= 4 is 23.4 Å². The van der Waals surface area contributed by atoms with Gasteiger partial charge in [-0.2, -0.15) is 24.9 Å². The van der Waals surface area contributed by atoms with E-state index in [1.807, 2.05) is 12.1 Å². The Labute approximate surface area is 198 Å². The minimum absolute atomic E-state index is 0.0879. The molecule has 1 N–H and O–H groups in total. The van der Waals surface area contributed by atoms with E-state index in [-0.39, 0.29) is 17.5 Å². The molecule has 3 nitrogen and oxygen atoms in total. The number of hydrogen-bond acceptors (Lipinski definition) is 3. The number of thioether (sulfide) groups is 1. The number of nitrogens with zero attached hydrogens (tertiary/aromatic N) is 1. The number of rotatable bonds is 5. The molecule has 0 bridgehead atoms. The molecule has 2 aromatic carbocycles. The minimum atomic E-state index is -4.54. The van der Waals surface area contributed by atoms with Crippen molar-refractivity contribution in [2.75, 3.05) is 23.9 Å². The summed E-state index contributed by atoms with van der Waals surface area (Å²) in [6.07, 6.45) is -3.26. The number of amides is 1. The highest BCUT2D eigenvalue weighted by Gasteiger charge is 2.46. The first kappa shape index (κ1) is 24.0. The lowest BCUT2D eigenvalue weighted by atomic mass is 9.96. The van der Waals surface area contributed by atoms with Crippen LogP contribution in [0.5, 0.6) is 0 Å². The molecule has 4 rings (SSSR count). The highest BCUT2D eigenvalue weighted by molar-refractivity contribution is 7.99. The van der Waals surface area contributed by atoms with Crippen molar-refractivity contribution < 1.29 is 18.0 Å². The first-order valence-electron chi connectivity index (χ1n) is 11.5. The molecule has 0 saturated carbocycles. The maximum Gasteiger partial charge on any atom is 0.413 e. The third-order valence-corrected chi connectivity index (χ3v) is 8.28. The summed E-state index contributed by atoms with van der Waals surface area (Å²) in [5.74, 6) is 1.51. The van der Waals surface area contributed by atoms with Crippen LogP contribution >= 0.6 is 11.8 Å². The summed E-state index contributed by atoms with van der Waals surface area (Å²) in [4.78, 5) is 13.7. The number of carbonyl (C=O) groups is 1. The van der Waals surface area contributed by atoms with Crippen LogP contribution in [-0.4, -0.2) is 41.6 Å². The SMILES string of the molecule is CC1c2ccccc2C(C)C1Nc1ccc(C(N(C)C(=O)C2CCSCC2)C(F)(F)F)cc1. The molecule has 2 aromatic rings. The van der Waals surface area contributed by atoms with Crippen LogP contribution in [0.2, 0.25) is 0 Å². The van der Waals surface area contributed by atoms with Gasteiger partial charge in [0.1, 0.15) is 0 Å². The van der Waals surface area contributed by atoms with Crippen molar-refractivity contribution in [3.05, 3.63) is 65.2 Å². The molecule has 1 aliphatic heterocycles. The minimum Gasteiger partial charge on any atom is -0.381 e. The Balaban J connectivity index is 1.51. The zero-order valence-corrected chi connectivity index (χ0v) is 20.0. The normalized spacial score (nSPS) is 24.2. The van der Waals surface area contributed by atoms with Crippen LogP contribution < -0.4 is 5.32 Å². The van der Waals surface area contributed by atoms with Gasteiger partial charge in [-0.15, -0.1) is 0 Å². The number of halogens is 3. The van der Waals surface area contributed by atoms with Crippen LogP contribution in [-0.2, 0) is 4.79 Å². The van der Waals surface area contributed by atoms with Crippen molar-refractivity contribution in [2.45, 2.75) is 56.8 Å².